The van der Waals surface area contributed by atoms with Gasteiger partial charge in [0.25, 0.3) is 0 Å². The fraction of sp³-hybridized carbons (Fsp3) is 0.478. The molecule has 0 heterocycles. The summed E-state index contributed by atoms with van der Waals surface area (Å²) >= 11 is 0. The van der Waals surface area contributed by atoms with Gasteiger partial charge in [-0.1, -0.05) is 62.0 Å². The fourth-order valence-electron chi connectivity index (χ4n) is 3.44. The lowest BCUT2D eigenvalue weighted by Gasteiger charge is -2.30. The molecule has 2 aromatic carbocycles. The van der Waals surface area contributed by atoms with E-state index in [-0.39, 0.29) is 0 Å². The summed E-state index contributed by atoms with van der Waals surface area (Å²) in [7, 11) is -3.09. The lowest BCUT2D eigenvalue weighted by atomic mass is 10.1. The van der Waals surface area contributed by atoms with Crippen molar-refractivity contribution < 1.29 is 14.6 Å². The predicted octanol–water partition coefficient (Wildman–Crippen LogP) is 6.13. The van der Waals surface area contributed by atoms with Crippen molar-refractivity contribution in [2.24, 2.45) is 0 Å². The second kappa shape index (κ2) is 10.3. The van der Waals surface area contributed by atoms with Gasteiger partial charge in [-0.2, -0.15) is 0 Å². The third-order valence-corrected chi connectivity index (χ3v) is 10.8. The van der Waals surface area contributed by atoms with Crippen LogP contribution in [0, 0.1) is 0 Å². The van der Waals surface area contributed by atoms with E-state index in [1.165, 1.54) is 6.04 Å². The first-order valence-electron chi connectivity index (χ1n) is 10.4. The van der Waals surface area contributed by atoms with Crippen LogP contribution in [0.15, 0.2) is 48.5 Å². The number of phenols is 2. The summed E-state index contributed by atoms with van der Waals surface area (Å²) in [5, 5.41) is 19.8. The van der Waals surface area contributed by atoms with Crippen molar-refractivity contribution in [3.05, 3.63) is 59.7 Å². The van der Waals surface area contributed by atoms with Crippen molar-refractivity contribution in [3.63, 3.8) is 0 Å². The van der Waals surface area contributed by atoms with Crippen LogP contribution in [0.2, 0.25) is 38.3 Å². The highest BCUT2D eigenvalue weighted by molar-refractivity contribution is 6.79. The zero-order valence-electron chi connectivity index (χ0n) is 17.9. The zero-order chi connectivity index (χ0) is 20.6. The van der Waals surface area contributed by atoms with Gasteiger partial charge in [-0.25, -0.2) is 0 Å². The smallest absolute Gasteiger partial charge is 0.186 e. The lowest BCUT2D eigenvalue weighted by Crippen LogP contribution is -2.40. The van der Waals surface area contributed by atoms with Gasteiger partial charge in [-0.15, -0.1) is 0 Å². The molecule has 154 valence electrons. The Morgan fingerprint density at radius 2 is 1.18 bits per heavy atom. The largest absolute Gasteiger partial charge is 0.508 e. The van der Waals surface area contributed by atoms with Gasteiger partial charge in [-0.3, -0.25) is 0 Å². The molecule has 0 saturated carbocycles. The second-order valence-electron chi connectivity index (χ2n) is 9.18. The molecule has 0 aromatic heterocycles. The number of benzene rings is 2. The maximum Gasteiger partial charge on any atom is 0.186 e. The van der Waals surface area contributed by atoms with Crippen LogP contribution in [0.3, 0.4) is 0 Å². The quantitative estimate of drug-likeness (QED) is 0.433. The molecule has 0 aliphatic carbocycles. The van der Waals surface area contributed by atoms with E-state index in [0.29, 0.717) is 11.5 Å². The van der Waals surface area contributed by atoms with E-state index in [1.807, 2.05) is 36.4 Å². The number of rotatable bonds is 11. The Labute approximate surface area is 172 Å². The highest BCUT2D eigenvalue weighted by Crippen LogP contribution is 2.24. The standard InChI is InChI=1S/C23H36O3Si2/c1-27(2,17-9-13-20-11-5-7-15-22(20)24)19-26-28(3,4)18-10-14-21-12-6-8-16-23(21)25/h5-8,11-12,15-16,24-25H,9-10,13-14,17-19H2,1-4H3. The zero-order valence-corrected chi connectivity index (χ0v) is 19.9. The van der Waals surface area contributed by atoms with Crippen LogP contribution in [0.1, 0.15) is 24.0 Å². The van der Waals surface area contributed by atoms with E-state index < -0.39 is 16.4 Å². The third-order valence-electron chi connectivity index (χ3n) is 5.36. The van der Waals surface area contributed by atoms with Crippen LogP contribution in [-0.2, 0) is 17.3 Å². The van der Waals surface area contributed by atoms with Crippen LogP contribution >= 0.6 is 0 Å². The molecule has 2 rings (SSSR count). The number of phenolic OH excluding ortho intramolecular Hbond substituents is 2. The number of hydrogen-bond acceptors (Lipinski definition) is 3. The summed E-state index contributed by atoms with van der Waals surface area (Å²) in [5.74, 6) is 0.817. The molecule has 5 heteroatoms. The van der Waals surface area contributed by atoms with Crippen LogP contribution in [0.4, 0.5) is 0 Å². The van der Waals surface area contributed by atoms with Crippen LogP contribution in [-0.4, -0.2) is 32.8 Å². The fourth-order valence-corrected chi connectivity index (χ4v) is 9.02. The molecule has 0 radical (unpaired) electrons. The summed E-state index contributed by atoms with van der Waals surface area (Å²) < 4.78 is 6.48. The molecule has 0 atom stereocenters. The average Bonchev–Trinajstić information content (AvgIpc) is 2.63. The molecule has 2 N–H and O–H groups in total. The second-order valence-corrected chi connectivity index (χ2v) is 18.6. The first-order valence-corrected chi connectivity index (χ1v) is 16.9. The molecule has 0 spiro atoms. The monoisotopic (exact) mass is 416 g/mol. The Morgan fingerprint density at radius 3 is 1.68 bits per heavy atom. The molecular formula is C23H36O3Si2. The lowest BCUT2D eigenvalue weighted by molar-refractivity contribution is 0.364. The summed E-state index contributed by atoms with van der Waals surface area (Å²) in [6.07, 6.45) is 4.93. The molecule has 0 saturated heterocycles. The highest BCUT2D eigenvalue weighted by atomic mass is 28.4. The van der Waals surface area contributed by atoms with E-state index >= 15 is 0 Å². The van der Waals surface area contributed by atoms with E-state index in [0.717, 1.165) is 49.1 Å². The predicted molar refractivity (Wildman–Crippen MR) is 123 cm³/mol. The van der Waals surface area contributed by atoms with E-state index in [1.54, 1.807) is 12.1 Å². The molecule has 0 unspecified atom stereocenters. The minimum absolute atomic E-state index is 0.404. The Bertz CT molecular complexity index is 681. The Morgan fingerprint density at radius 1 is 0.714 bits per heavy atom. The van der Waals surface area contributed by atoms with Crippen LogP contribution < -0.4 is 0 Å². The molecular weight excluding hydrogens is 380 g/mol. The van der Waals surface area contributed by atoms with E-state index in [9.17, 15) is 10.2 Å². The van der Waals surface area contributed by atoms with Gasteiger partial charge in [0.05, 0.1) is 8.07 Å². The molecule has 3 nitrogen and oxygen atoms in total. The van der Waals surface area contributed by atoms with Gasteiger partial charge in [0, 0.05) is 6.23 Å². The molecule has 0 aliphatic heterocycles. The van der Waals surface area contributed by atoms with Crippen molar-refractivity contribution in [2.45, 2.75) is 64.0 Å². The van der Waals surface area contributed by atoms with Crippen molar-refractivity contribution >= 4 is 16.4 Å². The molecule has 0 fully saturated rings. The molecule has 0 amide bonds. The van der Waals surface area contributed by atoms with Crippen molar-refractivity contribution in [2.75, 3.05) is 6.23 Å². The maximum absolute atomic E-state index is 9.91. The van der Waals surface area contributed by atoms with Gasteiger partial charge < -0.3 is 14.6 Å². The topological polar surface area (TPSA) is 49.7 Å². The van der Waals surface area contributed by atoms with Gasteiger partial charge in [0.2, 0.25) is 0 Å². The summed E-state index contributed by atoms with van der Waals surface area (Å²) in [4.78, 5) is 0. The third kappa shape index (κ3) is 7.82. The van der Waals surface area contributed by atoms with Crippen LogP contribution in [0.5, 0.6) is 11.5 Å². The van der Waals surface area contributed by atoms with E-state index in [4.69, 9.17) is 4.43 Å². The van der Waals surface area contributed by atoms with Crippen molar-refractivity contribution in [1.29, 1.82) is 0 Å². The van der Waals surface area contributed by atoms with E-state index in [2.05, 4.69) is 26.2 Å². The molecule has 0 bridgehead atoms. The van der Waals surface area contributed by atoms with Gasteiger partial charge in [-0.05, 0) is 61.7 Å². The first kappa shape index (κ1) is 22.7. The summed E-state index contributed by atoms with van der Waals surface area (Å²) in [5.41, 5.74) is 2.08. The summed E-state index contributed by atoms with van der Waals surface area (Å²) in [6.45, 7) is 9.43. The van der Waals surface area contributed by atoms with Gasteiger partial charge in [0.1, 0.15) is 11.5 Å². The average molecular weight is 417 g/mol. The van der Waals surface area contributed by atoms with Gasteiger partial charge in [0.15, 0.2) is 8.32 Å². The number of para-hydroxylation sites is 2. The summed E-state index contributed by atoms with van der Waals surface area (Å²) in [6, 6.07) is 17.6. The molecule has 0 aliphatic rings. The van der Waals surface area contributed by atoms with Gasteiger partial charge >= 0.3 is 0 Å². The number of hydrogen-bond donors (Lipinski definition) is 2. The highest BCUT2D eigenvalue weighted by Gasteiger charge is 2.28. The SMILES string of the molecule is C[Si](C)(CCCc1ccccc1O)CO[Si](C)(C)CCCc1ccccc1O. The number of aryl methyl sites for hydroxylation is 2. The minimum atomic E-state index is -1.68. The first-order chi connectivity index (χ1) is 13.2. The molecule has 2 aromatic rings. The maximum atomic E-state index is 9.91. The van der Waals surface area contributed by atoms with Crippen LogP contribution in [0.25, 0.3) is 0 Å². The van der Waals surface area contributed by atoms with Crippen molar-refractivity contribution in [3.8, 4) is 11.5 Å². The Hall–Kier alpha value is -1.57. The van der Waals surface area contributed by atoms with Crippen molar-refractivity contribution in [1.82, 2.24) is 0 Å². The Balaban J connectivity index is 1.72. The Kier molecular flexibility index (Phi) is 8.34. The minimum Gasteiger partial charge on any atom is -0.508 e. The molecule has 28 heavy (non-hydrogen) atoms. The normalized spacial score (nSPS) is 12.3. The number of aromatic hydroxyl groups is 2.